The van der Waals surface area contributed by atoms with Crippen LogP contribution in [0.25, 0.3) is 122 Å². The molecule has 4 amide bonds. The van der Waals surface area contributed by atoms with Gasteiger partial charge in [-0.2, -0.15) is 0 Å². The number of carbonyl (C=O) groups is 4. The van der Waals surface area contributed by atoms with Crippen molar-refractivity contribution in [1.29, 1.82) is 0 Å². The Balaban J connectivity index is 0.000000107. The Kier molecular flexibility index (Phi) is 22.4. The van der Waals surface area contributed by atoms with E-state index in [0.29, 0.717) is 73.7 Å². The van der Waals surface area contributed by atoms with E-state index in [9.17, 15) is 19.2 Å². The van der Waals surface area contributed by atoms with Crippen molar-refractivity contribution in [3.8, 4) is 51.3 Å². The van der Waals surface area contributed by atoms with Crippen LogP contribution in [0.4, 0.5) is 23.3 Å². The number of aromatic nitrogens is 17. The van der Waals surface area contributed by atoms with Crippen LogP contribution in [0.15, 0.2) is 254 Å². The average molecular weight is 1830 g/mol. The zero-order valence-electron chi connectivity index (χ0n) is 73.2. The monoisotopic (exact) mass is 1830 g/mol. The molecule has 0 saturated carbocycles. The Morgan fingerprint density at radius 3 is 0.955 bits per heavy atom. The van der Waals surface area contributed by atoms with Crippen molar-refractivity contribution in [2.75, 3.05) is 82.4 Å². The molecule has 4 saturated heterocycles. The third kappa shape index (κ3) is 16.1. The number of piperidine rings is 4. The van der Waals surface area contributed by atoms with Gasteiger partial charge in [-0.1, -0.05) is 107 Å². The number of aromatic amines is 5. The van der Waals surface area contributed by atoms with Crippen LogP contribution in [-0.2, 0) is 4.79 Å². The zero-order chi connectivity index (χ0) is 90.6. The highest BCUT2D eigenvalue weighted by Gasteiger charge is 2.35. The van der Waals surface area contributed by atoms with E-state index in [0.717, 1.165) is 226 Å². The minimum absolute atomic E-state index is 0.0475. The number of fused-ring (bicyclic) bond motifs is 9. The number of likely N-dealkylation sites (tertiary alicyclic amines) is 4. The SMILES string of the molecule is CC(=O)N1CCC(c2nc(-c3cc4ccccc4[nH]3)c3c(N)nccn23)CC1.COc1ccc(C(=O)N2CCC(c3nc(-c4cc5ccccc5[nH]4)c4c(N)nccn34)CC2)cc1.Nc1nccn2c(C3CCN(C(=O)c4c[nH]c5ccccc45)CC3)nc(-c3cc4ccccc4[nH]3)c12.Nc1nccn2c(C3CCN(C(=O)c4ccc(Br)cc4)CC3)nc(-c3cc4ccccc4[nH]3)c12. The molecule has 31 heteroatoms. The third-order valence-electron chi connectivity index (χ3n) is 26.6. The number of ether oxygens (including phenoxy) is 1. The van der Waals surface area contributed by atoms with Crippen LogP contribution in [0.3, 0.4) is 0 Å². The zero-order valence-corrected chi connectivity index (χ0v) is 74.8. The Morgan fingerprint density at radius 2 is 0.647 bits per heavy atom. The minimum atomic E-state index is 0.0475. The number of nitrogen functional groups attached to an aromatic ring is 4. The van der Waals surface area contributed by atoms with Gasteiger partial charge in [0, 0.05) is 209 Å². The summed E-state index contributed by atoms with van der Waals surface area (Å²) in [6.07, 6.45) is 23.2. The van der Waals surface area contributed by atoms with E-state index < -0.39 is 0 Å². The van der Waals surface area contributed by atoms with Crippen LogP contribution in [0.5, 0.6) is 5.75 Å². The van der Waals surface area contributed by atoms with Crippen LogP contribution < -0.4 is 27.7 Å². The molecule has 0 radical (unpaired) electrons. The van der Waals surface area contributed by atoms with Crippen molar-refractivity contribution in [2.24, 2.45) is 0 Å². The van der Waals surface area contributed by atoms with Crippen molar-refractivity contribution >= 4 is 139 Å². The lowest BCUT2D eigenvalue weighted by atomic mass is 9.95. The van der Waals surface area contributed by atoms with Crippen molar-refractivity contribution in [3.05, 3.63) is 294 Å². The van der Waals surface area contributed by atoms with Gasteiger partial charge in [0.05, 0.1) is 35.4 Å². The topological polar surface area (TPSA) is 394 Å². The van der Waals surface area contributed by atoms with Gasteiger partial charge in [-0.15, -0.1) is 0 Å². The highest BCUT2D eigenvalue weighted by atomic mass is 79.9. The number of para-hydroxylation sites is 5. The predicted octanol–water partition coefficient (Wildman–Crippen LogP) is 17.9. The first-order valence-corrected chi connectivity index (χ1v) is 45.7. The summed E-state index contributed by atoms with van der Waals surface area (Å²) < 4.78 is 14.4. The van der Waals surface area contributed by atoms with Crippen LogP contribution in [0.1, 0.15) is 136 Å². The van der Waals surface area contributed by atoms with Gasteiger partial charge in [0.15, 0.2) is 0 Å². The van der Waals surface area contributed by atoms with E-state index in [1.807, 2.05) is 172 Å². The third-order valence-corrected chi connectivity index (χ3v) is 27.1. The van der Waals surface area contributed by atoms with Crippen molar-refractivity contribution < 1.29 is 23.9 Å². The second-order valence-electron chi connectivity index (χ2n) is 34.4. The molecule has 13 N–H and O–H groups in total. The molecular formula is C102H96BrN25O5. The number of methoxy groups -OCH3 is 1. The summed E-state index contributed by atoms with van der Waals surface area (Å²) >= 11 is 3.43. The van der Waals surface area contributed by atoms with E-state index in [4.69, 9.17) is 47.6 Å². The molecule has 0 atom stereocenters. The number of H-pyrrole nitrogens is 5. The molecule has 17 heterocycles. The maximum Gasteiger partial charge on any atom is 0.256 e. The molecule has 133 heavy (non-hydrogen) atoms. The molecule has 24 rings (SSSR count). The fourth-order valence-electron chi connectivity index (χ4n) is 19.6. The minimum Gasteiger partial charge on any atom is -0.497 e. The molecule has 13 aromatic heterocycles. The van der Waals surface area contributed by atoms with Gasteiger partial charge in [-0.05, 0) is 154 Å². The number of carbonyl (C=O) groups excluding carboxylic acids is 4. The number of nitrogens with one attached hydrogen (secondary N) is 5. The van der Waals surface area contributed by atoms with Crippen molar-refractivity contribution in [2.45, 2.75) is 82.0 Å². The number of halogens is 1. The van der Waals surface area contributed by atoms with E-state index in [-0.39, 0.29) is 47.3 Å². The lowest BCUT2D eigenvalue weighted by Crippen LogP contribution is -2.38. The molecule has 30 nitrogen and oxygen atoms in total. The van der Waals surface area contributed by atoms with Gasteiger partial charge in [0.1, 0.15) is 97.2 Å². The molecule has 20 aromatic rings. The number of amides is 4. The van der Waals surface area contributed by atoms with Gasteiger partial charge in [-0.25, -0.2) is 39.9 Å². The number of benzene rings is 7. The van der Waals surface area contributed by atoms with E-state index >= 15 is 0 Å². The number of nitrogens with two attached hydrogens (primary N) is 4. The van der Waals surface area contributed by atoms with E-state index in [1.54, 1.807) is 38.8 Å². The molecule has 0 spiro atoms. The molecule has 4 fully saturated rings. The smallest absolute Gasteiger partial charge is 0.256 e. The van der Waals surface area contributed by atoms with E-state index in [2.05, 4.69) is 151 Å². The predicted molar refractivity (Wildman–Crippen MR) is 522 cm³/mol. The Labute approximate surface area is 770 Å². The van der Waals surface area contributed by atoms with E-state index in [1.165, 1.54) is 0 Å². The lowest BCUT2D eigenvalue weighted by molar-refractivity contribution is -0.129. The Morgan fingerprint density at radius 1 is 0.361 bits per heavy atom. The molecule has 4 aliphatic rings. The van der Waals surface area contributed by atoms with Gasteiger partial charge < -0.3 is 72.2 Å². The molecular weight excluding hydrogens is 1740 g/mol. The Bertz CT molecular complexity index is 7660. The quantitative estimate of drug-likeness (QED) is 0.0548. The van der Waals surface area contributed by atoms with Gasteiger partial charge in [0.2, 0.25) is 5.91 Å². The molecule has 7 aromatic carbocycles. The summed E-state index contributed by atoms with van der Waals surface area (Å²) in [5.74, 6) is 7.71. The number of rotatable bonds is 12. The summed E-state index contributed by atoms with van der Waals surface area (Å²) in [7, 11) is 1.62. The number of hydrogen-bond acceptors (Lipinski definition) is 17. The summed E-state index contributed by atoms with van der Waals surface area (Å²) in [5, 5.41) is 5.48. The molecule has 0 unspecified atom stereocenters. The molecule has 0 bridgehead atoms. The second kappa shape index (κ2) is 35.5. The van der Waals surface area contributed by atoms with Gasteiger partial charge >= 0.3 is 0 Å². The maximum absolute atomic E-state index is 13.3. The van der Waals surface area contributed by atoms with Crippen molar-refractivity contribution in [1.82, 2.24) is 102 Å². The first-order valence-electron chi connectivity index (χ1n) is 44.9. The van der Waals surface area contributed by atoms with Crippen molar-refractivity contribution in [3.63, 3.8) is 0 Å². The highest BCUT2D eigenvalue weighted by Crippen LogP contribution is 2.42. The second-order valence-corrected chi connectivity index (χ2v) is 35.4. The largest absolute Gasteiger partial charge is 0.497 e. The summed E-state index contributed by atoms with van der Waals surface area (Å²) in [5.41, 5.74) is 42.8. The first kappa shape index (κ1) is 84.0. The summed E-state index contributed by atoms with van der Waals surface area (Å²) in [4.78, 5) is 113. The van der Waals surface area contributed by atoms with Crippen LogP contribution in [0, 0.1) is 0 Å². The van der Waals surface area contributed by atoms with Gasteiger partial charge in [0.25, 0.3) is 17.7 Å². The number of nitrogens with zero attached hydrogens (tertiary/aromatic N) is 16. The average Bonchev–Trinajstić information content (AvgIpc) is 1.61. The highest BCUT2D eigenvalue weighted by molar-refractivity contribution is 9.10. The molecule has 0 aliphatic carbocycles. The fraction of sp³-hybridized carbons (Fsp3) is 0.216. The van der Waals surface area contributed by atoms with Gasteiger partial charge in [-0.3, -0.25) is 36.8 Å². The standard InChI is InChI=1S/C28H25N7O.C27H26N6O2.C26H23BrN6O.C21H22N6O/c29-26-25-24(23-15-18-5-1-3-7-21(18)32-23)33-27(35(25)14-11-30-26)17-9-12-34(13-10-17)28(36)20-16-31-22-8-4-2-6-19(20)22;1-35-20-8-6-18(7-9-20)27(34)32-13-10-17(11-14-32)26-31-23(24-25(28)29-12-15-33(24)26)22-16-19-4-2-3-5-21(19)30-22;27-19-7-5-17(6-8-19)26(34)32-12-9-16(10-13-32)25-31-22(23-24(28)29-11-14-33(23)25)21-15-18-3-1-2-4-20(18)30-21;1-13(28)26-9-6-14(7-10-26)21-25-18(19-20(22)23-8-11-27(19)21)17-12-15-4-2-3-5-16(15)24-17/h1-8,11,14-17,31-32H,9-10,12-13H2,(H2,29,30);2-9,12,15-17,30H,10-11,13-14H2,1H3,(H2,28,29);1-8,11,14-16,30H,9-10,12-13H2,(H2,28,29);2-5,8,11-12,14,24H,6-7,9-10H2,1H3,(H2,22,23). The number of imidazole rings is 4. The van der Waals surface area contributed by atoms with Crippen LogP contribution in [-0.4, -0.2) is 185 Å². The molecule has 666 valence electrons. The van der Waals surface area contributed by atoms with Crippen LogP contribution in [0.2, 0.25) is 0 Å². The normalized spacial score (nSPS) is 14.9. The summed E-state index contributed by atoms with van der Waals surface area (Å²) in [6, 6.07) is 63.8. The van der Waals surface area contributed by atoms with Crippen LogP contribution >= 0.6 is 15.9 Å². The Hall–Kier alpha value is -15.9. The maximum atomic E-state index is 13.3. The number of anilines is 4. The summed E-state index contributed by atoms with van der Waals surface area (Å²) in [6.45, 7) is 7.24. The molecule has 4 aliphatic heterocycles. The number of hydrogen-bond donors (Lipinski definition) is 9. The fourth-order valence-corrected chi connectivity index (χ4v) is 19.9. The first-order chi connectivity index (χ1) is 65.0. The lowest BCUT2D eigenvalue weighted by Gasteiger charge is -2.31.